The molecule has 0 saturated heterocycles. The Labute approximate surface area is 171 Å². The van der Waals surface area contributed by atoms with Crippen molar-refractivity contribution < 1.29 is 14.4 Å². The Morgan fingerprint density at radius 2 is 2.10 bits per heavy atom. The minimum atomic E-state index is -0.459. The number of nitro groups is 1. The molecular formula is C19H19N5O4S. The van der Waals surface area contributed by atoms with E-state index in [4.69, 9.17) is 15.2 Å². The standard InChI is InChI=1S/C19H19N5O4S/c1-12-3-5-17(15(7-12)24(25)26)28-10-14-8-13(4-6-16(14)27-2)9-21-23-19-22-18(20)11-29-19/h3-9,11H,10,20H2,1-2H3,(H,22,23). The van der Waals surface area contributed by atoms with E-state index in [-0.39, 0.29) is 18.0 Å². The first-order valence-electron chi connectivity index (χ1n) is 8.51. The zero-order valence-electron chi connectivity index (χ0n) is 15.8. The number of anilines is 2. The third-order valence-electron chi connectivity index (χ3n) is 3.89. The Hall–Kier alpha value is -3.66. The summed E-state index contributed by atoms with van der Waals surface area (Å²) >= 11 is 1.35. The molecule has 3 rings (SSSR count). The summed E-state index contributed by atoms with van der Waals surface area (Å²) in [6.45, 7) is 1.89. The quantitative estimate of drug-likeness (QED) is 0.325. The Morgan fingerprint density at radius 3 is 2.79 bits per heavy atom. The Bertz CT molecular complexity index is 1050. The minimum Gasteiger partial charge on any atom is -0.496 e. The molecule has 0 fully saturated rings. The maximum absolute atomic E-state index is 11.3. The number of ether oxygens (including phenoxy) is 2. The highest BCUT2D eigenvalue weighted by Crippen LogP contribution is 2.30. The van der Waals surface area contributed by atoms with E-state index in [2.05, 4.69) is 15.5 Å². The van der Waals surface area contributed by atoms with Crippen LogP contribution in [-0.2, 0) is 6.61 Å². The van der Waals surface area contributed by atoms with Crippen molar-refractivity contribution in [3.63, 3.8) is 0 Å². The summed E-state index contributed by atoms with van der Waals surface area (Å²) < 4.78 is 11.1. The molecule has 0 unspecified atom stereocenters. The lowest BCUT2D eigenvalue weighted by Crippen LogP contribution is -2.02. The Kier molecular flexibility index (Phi) is 6.25. The van der Waals surface area contributed by atoms with Crippen LogP contribution < -0.4 is 20.6 Å². The summed E-state index contributed by atoms with van der Waals surface area (Å²) in [5.41, 5.74) is 10.6. The lowest BCUT2D eigenvalue weighted by Gasteiger charge is -2.11. The molecule has 29 heavy (non-hydrogen) atoms. The van der Waals surface area contributed by atoms with E-state index >= 15 is 0 Å². The van der Waals surface area contributed by atoms with Crippen LogP contribution in [0.25, 0.3) is 0 Å². The van der Waals surface area contributed by atoms with E-state index < -0.39 is 4.92 Å². The predicted molar refractivity (Wildman–Crippen MR) is 113 cm³/mol. The van der Waals surface area contributed by atoms with E-state index in [0.29, 0.717) is 16.7 Å². The van der Waals surface area contributed by atoms with Crippen molar-refractivity contribution in [3.8, 4) is 11.5 Å². The molecule has 0 atom stereocenters. The van der Waals surface area contributed by atoms with E-state index in [9.17, 15) is 10.1 Å². The van der Waals surface area contributed by atoms with Gasteiger partial charge >= 0.3 is 5.69 Å². The fourth-order valence-electron chi connectivity index (χ4n) is 2.54. The van der Waals surface area contributed by atoms with Gasteiger partial charge in [0.05, 0.1) is 18.2 Å². The van der Waals surface area contributed by atoms with Crippen molar-refractivity contribution in [1.29, 1.82) is 0 Å². The van der Waals surface area contributed by atoms with Gasteiger partial charge in [-0.3, -0.25) is 15.5 Å². The molecule has 2 aromatic carbocycles. The van der Waals surface area contributed by atoms with Gasteiger partial charge in [0.25, 0.3) is 0 Å². The Morgan fingerprint density at radius 1 is 1.31 bits per heavy atom. The number of methoxy groups -OCH3 is 1. The van der Waals surface area contributed by atoms with Crippen molar-refractivity contribution in [3.05, 3.63) is 68.6 Å². The van der Waals surface area contributed by atoms with Gasteiger partial charge in [-0.1, -0.05) is 6.07 Å². The number of thiazole rings is 1. The summed E-state index contributed by atoms with van der Waals surface area (Å²) in [6.07, 6.45) is 1.62. The molecule has 0 spiro atoms. The van der Waals surface area contributed by atoms with Gasteiger partial charge in [-0.05, 0) is 42.3 Å². The molecule has 9 nitrogen and oxygen atoms in total. The van der Waals surface area contributed by atoms with Crippen LogP contribution in [0.2, 0.25) is 0 Å². The number of hydrazone groups is 1. The number of nitrogens with one attached hydrogen (secondary N) is 1. The van der Waals surface area contributed by atoms with Gasteiger partial charge < -0.3 is 15.2 Å². The highest BCUT2D eigenvalue weighted by Gasteiger charge is 2.16. The van der Waals surface area contributed by atoms with Crippen LogP contribution in [0, 0.1) is 17.0 Å². The van der Waals surface area contributed by atoms with Crippen molar-refractivity contribution in [2.24, 2.45) is 5.10 Å². The first-order valence-corrected chi connectivity index (χ1v) is 9.39. The molecule has 3 N–H and O–H groups in total. The van der Waals surface area contributed by atoms with Crippen molar-refractivity contribution in [1.82, 2.24) is 4.98 Å². The number of nitro benzene ring substituents is 1. The third-order valence-corrected chi connectivity index (χ3v) is 4.66. The minimum absolute atomic E-state index is 0.0754. The smallest absolute Gasteiger partial charge is 0.311 e. The second kappa shape index (κ2) is 9.02. The van der Waals surface area contributed by atoms with Gasteiger partial charge in [0.2, 0.25) is 5.13 Å². The van der Waals surface area contributed by atoms with E-state index in [0.717, 1.165) is 16.7 Å². The molecule has 0 aliphatic rings. The van der Waals surface area contributed by atoms with Gasteiger partial charge in [-0.25, -0.2) is 4.98 Å². The molecule has 1 aromatic heterocycles. The van der Waals surface area contributed by atoms with E-state index in [1.165, 1.54) is 17.4 Å². The summed E-state index contributed by atoms with van der Waals surface area (Å²) in [5.74, 6) is 1.24. The number of nitrogens with two attached hydrogens (primary N) is 1. The summed E-state index contributed by atoms with van der Waals surface area (Å²) in [6, 6.07) is 10.3. The molecule has 0 bridgehead atoms. The van der Waals surface area contributed by atoms with E-state index in [1.807, 2.05) is 12.1 Å². The summed E-state index contributed by atoms with van der Waals surface area (Å²) in [7, 11) is 1.55. The first kappa shape index (κ1) is 20.1. The SMILES string of the molecule is COc1ccc(C=NNc2nc(N)cs2)cc1COc1ccc(C)cc1[N+](=O)[O-]. The molecule has 0 radical (unpaired) electrons. The van der Waals surface area contributed by atoms with E-state index in [1.54, 1.807) is 43.8 Å². The zero-order chi connectivity index (χ0) is 20.8. The average Bonchev–Trinajstić information content (AvgIpc) is 3.12. The molecule has 1 heterocycles. The van der Waals surface area contributed by atoms with Crippen LogP contribution in [0.3, 0.4) is 0 Å². The van der Waals surface area contributed by atoms with Crippen molar-refractivity contribution in [2.45, 2.75) is 13.5 Å². The number of benzene rings is 2. The molecule has 0 aliphatic carbocycles. The van der Waals surface area contributed by atoms with Gasteiger partial charge in [0.15, 0.2) is 5.75 Å². The third kappa shape index (κ3) is 5.20. The van der Waals surface area contributed by atoms with Crippen LogP contribution in [0.5, 0.6) is 11.5 Å². The number of aromatic nitrogens is 1. The number of rotatable bonds is 8. The number of hydrogen-bond donors (Lipinski definition) is 2. The number of nitrogens with zero attached hydrogens (tertiary/aromatic N) is 3. The molecule has 0 aliphatic heterocycles. The van der Waals surface area contributed by atoms with Crippen LogP contribution in [-0.4, -0.2) is 23.2 Å². The van der Waals surface area contributed by atoms with Crippen LogP contribution in [0.1, 0.15) is 16.7 Å². The van der Waals surface area contributed by atoms with Gasteiger partial charge in [-0.15, -0.1) is 11.3 Å². The fraction of sp³-hybridized carbons (Fsp3) is 0.158. The van der Waals surface area contributed by atoms with Gasteiger partial charge in [0.1, 0.15) is 18.2 Å². The molecule has 0 amide bonds. The van der Waals surface area contributed by atoms with Crippen LogP contribution in [0.15, 0.2) is 46.9 Å². The largest absolute Gasteiger partial charge is 0.496 e. The number of hydrogen-bond acceptors (Lipinski definition) is 9. The number of aryl methyl sites for hydroxylation is 1. The maximum Gasteiger partial charge on any atom is 0.311 e. The molecular weight excluding hydrogens is 394 g/mol. The second-order valence-electron chi connectivity index (χ2n) is 6.04. The highest BCUT2D eigenvalue weighted by atomic mass is 32.1. The number of nitrogen functional groups attached to an aromatic ring is 1. The summed E-state index contributed by atoms with van der Waals surface area (Å²) in [5, 5.41) is 17.7. The molecule has 150 valence electrons. The topological polar surface area (TPSA) is 125 Å². The Balaban J connectivity index is 1.75. The van der Waals surface area contributed by atoms with Crippen molar-refractivity contribution in [2.75, 3.05) is 18.3 Å². The first-order chi connectivity index (χ1) is 14.0. The molecule has 0 saturated carbocycles. The monoisotopic (exact) mass is 413 g/mol. The summed E-state index contributed by atoms with van der Waals surface area (Å²) in [4.78, 5) is 14.9. The predicted octanol–water partition coefficient (Wildman–Crippen LogP) is 3.98. The second-order valence-corrected chi connectivity index (χ2v) is 6.89. The maximum atomic E-state index is 11.3. The van der Waals surface area contributed by atoms with Crippen LogP contribution >= 0.6 is 11.3 Å². The molecule has 3 aromatic rings. The normalized spacial score (nSPS) is 10.8. The lowest BCUT2D eigenvalue weighted by molar-refractivity contribution is -0.386. The average molecular weight is 413 g/mol. The van der Waals surface area contributed by atoms with Gasteiger partial charge in [0, 0.05) is 17.0 Å². The molecule has 10 heteroatoms. The fourth-order valence-corrected chi connectivity index (χ4v) is 3.09. The highest BCUT2D eigenvalue weighted by molar-refractivity contribution is 7.14. The van der Waals surface area contributed by atoms with Gasteiger partial charge in [-0.2, -0.15) is 5.10 Å². The van der Waals surface area contributed by atoms with Crippen LogP contribution in [0.4, 0.5) is 16.6 Å². The zero-order valence-corrected chi connectivity index (χ0v) is 16.6. The lowest BCUT2D eigenvalue weighted by atomic mass is 10.1. The van der Waals surface area contributed by atoms with Crippen molar-refractivity contribution >= 4 is 34.2 Å².